The van der Waals surface area contributed by atoms with Crippen LogP contribution in [0.25, 0.3) is 0 Å². The lowest BCUT2D eigenvalue weighted by Crippen LogP contribution is -2.22. The van der Waals surface area contributed by atoms with Crippen LogP contribution in [0.3, 0.4) is 0 Å². The molecule has 0 heterocycles. The molecule has 0 spiro atoms. The third-order valence-electron chi connectivity index (χ3n) is 3.26. The van der Waals surface area contributed by atoms with Crippen molar-refractivity contribution in [3.8, 4) is 0 Å². The monoisotopic (exact) mass is 365 g/mol. The highest BCUT2D eigenvalue weighted by molar-refractivity contribution is 5.96. The van der Waals surface area contributed by atoms with Gasteiger partial charge in [0.2, 0.25) is 0 Å². The number of ether oxygens (including phenoxy) is 1. The first-order chi connectivity index (χ1) is 12.3. The summed E-state index contributed by atoms with van der Waals surface area (Å²) in [5, 5.41) is 15.5. The molecule has 136 valence electrons. The number of hydrogen-bond donors (Lipinski definition) is 2. The zero-order chi connectivity index (χ0) is 19.3. The fourth-order valence-corrected chi connectivity index (χ4v) is 2.03. The Bertz CT molecular complexity index is 853. The van der Waals surface area contributed by atoms with E-state index in [0.29, 0.717) is 0 Å². The molecule has 26 heavy (non-hydrogen) atoms. The number of carbonyl (C=O) groups excluding carboxylic acids is 2. The number of nitro benzene ring substituents is 1. The van der Waals surface area contributed by atoms with Crippen molar-refractivity contribution in [3.05, 3.63) is 63.7 Å². The number of benzene rings is 2. The van der Waals surface area contributed by atoms with Crippen LogP contribution in [-0.2, 0) is 9.53 Å². The van der Waals surface area contributed by atoms with Gasteiger partial charge >= 0.3 is 5.97 Å². The van der Waals surface area contributed by atoms with E-state index < -0.39 is 40.7 Å². The molecule has 0 atom stereocenters. The van der Waals surface area contributed by atoms with Gasteiger partial charge in [0.15, 0.2) is 6.61 Å². The molecule has 10 heteroatoms. The molecule has 0 aliphatic carbocycles. The largest absolute Gasteiger partial charge is 0.452 e. The minimum atomic E-state index is -1.00. The Morgan fingerprint density at radius 2 is 1.85 bits per heavy atom. The summed E-state index contributed by atoms with van der Waals surface area (Å²) in [5.74, 6) is -3.94. The molecule has 0 aromatic heterocycles. The molecular weight excluding hydrogens is 352 g/mol. The van der Waals surface area contributed by atoms with Crippen LogP contribution in [0.2, 0.25) is 0 Å². The lowest BCUT2D eigenvalue weighted by Gasteiger charge is -2.09. The molecule has 0 radical (unpaired) electrons. The van der Waals surface area contributed by atoms with Gasteiger partial charge in [-0.2, -0.15) is 0 Å². The summed E-state index contributed by atoms with van der Waals surface area (Å²) in [4.78, 5) is 33.9. The number of anilines is 2. The number of hydrogen-bond acceptors (Lipinski definition) is 6. The van der Waals surface area contributed by atoms with Gasteiger partial charge in [0.1, 0.15) is 23.0 Å². The van der Waals surface area contributed by atoms with Crippen molar-refractivity contribution in [1.82, 2.24) is 0 Å². The van der Waals surface area contributed by atoms with E-state index in [1.54, 1.807) is 0 Å². The van der Waals surface area contributed by atoms with Gasteiger partial charge in [0.05, 0.1) is 10.5 Å². The quantitative estimate of drug-likeness (QED) is 0.463. The molecule has 0 saturated carbocycles. The average Bonchev–Trinajstić information content (AvgIpc) is 2.62. The molecule has 2 aromatic rings. The first kappa shape index (κ1) is 18.8. The molecule has 1 amide bonds. The number of para-hydroxylation sites is 1. The van der Waals surface area contributed by atoms with Gasteiger partial charge in [0, 0.05) is 13.1 Å². The summed E-state index contributed by atoms with van der Waals surface area (Å²) in [7, 11) is 1.48. The highest BCUT2D eigenvalue weighted by atomic mass is 19.1. The highest BCUT2D eigenvalue weighted by Gasteiger charge is 2.19. The van der Waals surface area contributed by atoms with E-state index in [9.17, 15) is 28.5 Å². The van der Waals surface area contributed by atoms with Crippen LogP contribution in [-0.4, -0.2) is 30.5 Å². The third kappa shape index (κ3) is 4.29. The number of rotatable bonds is 6. The maximum atomic E-state index is 13.4. The highest BCUT2D eigenvalue weighted by Crippen LogP contribution is 2.25. The lowest BCUT2D eigenvalue weighted by atomic mass is 10.1. The van der Waals surface area contributed by atoms with Crippen LogP contribution in [0, 0.1) is 21.7 Å². The smallest absolute Gasteiger partial charge is 0.338 e. The first-order valence-electron chi connectivity index (χ1n) is 7.20. The van der Waals surface area contributed by atoms with Crippen molar-refractivity contribution in [1.29, 1.82) is 0 Å². The molecular formula is C16H13F2N3O5. The molecule has 0 unspecified atom stereocenters. The van der Waals surface area contributed by atoms with Crippen molar-refractivity contribution >= 4 is 28.9 Å². The van der Waals surface area contributed by atoms with Gasteiger partial charge in [-0.3, -0.25) is 14.9 Å². The predicted octanol–water partition coefficient (Wildman–Crippen LogP) is 2.71. The summed E-state index contributed by atoms with van der Waals surface area (Å²) < 4.78 is 31.6. The molecule has 2 aromatic carbocycles. The van der Waals surface area contributed by atoms with E-state index >= 15 is 0 Å². The third-order valence-corrected chi connectivity index (χ3v) is 3.26. The van der Waals surface area contributed by atoms with Crippen molar-refractivity contribution in [2.45, 2.75) is 0 Å². The second-order valence-corrected chi connectivity index (χ2v) is 4.96. The van der Waals surface area contributed by atoms with E-state index in [-0.39, 0.29) is 16.9 Å². The molecule has 0 aliphatic heterocycles. The zero-order valence-electron chi connectivity index (χ0n) is 13.4. The molecule has 0 saturated heterocycles. The Labute approximate surface area is 145 Å². The number of nitrogens with one attached hydrogen (secondary N) is 2. The summed E-state index contributed by atoms with van der Waals surface area (Å²) in [6.45, 7) is -0.825. The topological polar surface area (TPSA) is 111 Å². The fraction of sp³-hybridized carbons (Fsp3) is 0.125. The normalized spacial score (nSPS) is 10.1. The van der Waals surface area contributed by atoms with Crippen molar-refractivity contribution in [2.75, 3.05) is 24.3 Å². The van der Waals surface area contributed by atoms with Crippen molar-refractivity contribution in [2.24, 2.45) is 0 Å². The number of nitrogens with zero attached hydrogens (tertiary/aromatic N) is 1. The second-order valence-electron chi connectivity index (χ2n) is 4.96. The minimum absolute atomic E-state index is 0.152. The van der Waals surface area contributed by atoms with Gasteiger partial charge in [0.25, 0.3) is 11.6 Å². The number of carbonyl (C=O) groups is 2. The minimum Gasteiger partial charge on any atom is -0.452 e. The second kappa shape index (κ2) is 8.01. The number of amides is 1. The zero-order valence-corrected chi connectivity index (χ0v) is 13.4. The van der Waals surface area contributed by atoms with Crippen molar-refractivity contribution < 1.29 is 28.0 Å². The van der Waals surface area contributed by atoms with E-state index in [0.717, 1.165) is 24.3 Å². The Balaban J connectivity index is 2.03. The Kier molecular flexibility index (Phi) is 5.78. The summed E-state index contributed by atoms with van der Waals surface area (Å²) in [5.41, 5.74) is -0.970. The molecule has 2 rings (SSSR count). The Morgan fingerprint density at radius 3 is 2.42 bits per heavy atom. The van der Waals surface area contributed by atoms with Gasteiger partial charge in [-0.1, -0.05) is 6.07 Å². The molecule has 8 nitrogen and oxygen atoms in total. The van der Waals surface area contributed by atoms with Gasteiger partial charge < -0.3 is 15.4 Å². The summed E-state index contributed by atoms with van der Waals surface area (Å²) in [6, 6.07) is 6.60. The van der Waals surface area contributed by atoms with Crippen LogP contribution in [0.4, 0.5) is 25.8 Å². The average molecular weight is 365 g/mol. The maximum absolute atomic E-state index is 13.4. The van der Waals surface area contributed by atoms with Crippen LogP contribution >= 0.6 is 0 Å². The molecule has 2 N–H and O–H groups in total. The van der Waals surface area contributed by atoms with Gasteiger partial charge in [-0.25, -0.2) is 13.6 Å². The number of halogens is 2. The number of nitro groups is 1. The van der Waals surface area contributed by atoms with Crippen LogP contribution < -0.4 is 10.6 Å². The van der Waals surface area contributed by atoms with Crippen LogP contribution in [0.5, 0.6) is 0 Å². The standard InChI is InChI=1S/C16H13F2N3O5/c1-19-12-6-5-9(7-13(12)21(24)25)16(23)26-8-14(22)20-15-10(17)3-2-4-11(15)18/h2-7,19H,8H2,1H3,(H,20,22). The van der Waals surface area contributed by atoms with Crippen LogP contribution in [0.1, 0.15) is 10.4 Å². The molecule has 0 aliphatic rings. The Hall–Kier alpha value is -3.56. The van der Waals surface area contributed by atoms with Gasteiger partial charge in [-0.15, -0.1) is 0 Å². The summed E-state index contributed by atoms with van der Waals surface area (Å²) >= 11 is 0. The number of esters is 1. The van der Waals surface area contributed by atoms with E-state index in [1.807, 2.05) is 5.32 Å². The van der Waals surface area contributed by atoms with Crippen molar-refractivity contribution in [3.63, 3.8) is 0 Å². The van der Waals surface area contributed by atoms with E-state index in [4.69, 9.17) is 4.74 Å². The summed E-state index contributed by atoms with van der Waals surface area (Å²) in [6.07, 6.45) is 0. The predicted molar refractivity (Wildman–Crippen MR) is 87.9 cm³/mol. The van der Waals surface area contributed by atoms with Gasteiger partial charge in [-0.05, 0) is 24.3 Å². The SMILES string of the molecule is CNc1ccc(C(=O)OCC(=O)Nc2c(F)cccc2F)cc1[N+](=O)[O-]. The first-order valence-corrected chi connectivity index (χ1v) is 7.20. The fourth-order valence-electron chi connectivity index (χ4n) is 2.03. The lowest BCUT2D eigenvalue weighted by molar-refractivity contribution is -0.384. The van der Waals surface area contributed by atoms with E-state index in [1.165, 1.54) is 19.2 Å². The Morgan fingerprint density at radius 1 is 1.19 bits per heavy atom. The van der Waals surface area contributed by atoms with E-state index in [2.05, 4.69) is 5.32 Å². The molecule has 0 fully saturated rings. The maximum Gasteiger partial charge on any atom is 0.338 e. The molecule has 0 bridgehead atoms. The van der Waals surface area contributed by atoms with Crippen LogP contribution in [0.15, 0.2) is 36.4 Å².